The highest BCUT2D eigenvalue weighted by molar-refractivity contribution is 6.30. The molecule has 2 N–H and O–H groups in total. The average Bonchev–Trinajstić information content (AvgIpc) is 2.02. The van der Waals surface area contributed by atoms with E-state index in [-0.39, 0.29) is 18.6 Å². The van der Waals surface area contributed by atoms with Gasteiger partial charge in [0.05, 0.1) is 12.6 Å². The summed E-state index contributed by atoms with van der Waals surface area (Å²) in [5, 5.41) is 11.1. The van der Waals surface area contributed by atoms with Gasteiger partial charge in [0.15, 0.2) is 0 Å². The van der Waals surface area contributed by atoms with Crippen LogP contribution >= 0.6 is 11.6 Å². The van der Waals surface area contributed by atoms with E-state index >= 15 is 0 Å². The van der Waals surface area contributed by atoms with Crippen LogP contribution in [-0.4, -0.2) is 29.0 Å². The van der Waals surface area contributed by atoms with Crippen LogP contribution in [0.15, 0.2) is 0 Å². The molecule has 0 saturated carbocycles. The van der Waals surface area contributed by atoms with Crippen LogP contribution in [0.4, 0.5) is 0 Å². The number of hydrogen-bond acceptors (Lipinski definition) is 2. The van der Waals surface area contributed by atoms with Gasteiger partial charge >= 0.3 is 0 Å². The highest BCUT2D eigenvalue weighted by atomic mass is 35.5. The van der Waals surface area contributed by atoms with Gasteiger partial charge < -0.3 is 10.4 Å². The Balaban J connectivity index is 3.90. The maximum absolute atomic E-state index is 11.1. The zero-order valence-corrected chi connectivity index (χ0v) is 9.14. The molecule has 0 aliphatic carbocycles. The molecular weight excluding hydrogens is 190 g/mol. The molecule has 0 heterocycles. The van der Waals surface area contributed by atoms with E-state index in [4.69, 9.17) is 16.7 Å². The van der Waals surface area contributed by atoms with E-state index < -0.39 is 5.38 Å². The predicted octanol–water partition coefficient (Wildman–Crippen LogP) is 1.14. The lowest BCUT2D eigenvalue weighted by atomic mass is 10.0. The third-order valence-corrected chi connectivity index (χ3v) is 1.88. The van der Waals surface area contributed by atoms with Crippen molar-refractivity contribution in [3.63, 3.8) is 0 Å². The standard InChI is InChI=1S/C9H18ClNO2/c1-6(2)4-8(5-12)11-9(13)7(3)10/h6-8,12H,4-5H2,1-3H3,(H,11,13). The van der Waals surface area contributed by atoms with Gasteiger partial charge in [0.1, 0.15) is 5.38 Å². The first-order valence-corrected chi connectivity index (χ1v) is 4.96. The summed E-state index contributed by atoms with van der Waals surface area (Å²) in [6.45, 7) is 5.66. The number of hydrogen-bond donors (Lipinski definition) is 2. The van der Waals surface area contributed by atoms with Crippen LogP contribution in [-0.2, 0) is 4.79 Å². The minimum atomic E-state index is -0.541. The maximum Gasteiger partial charge on any atom is 0.238 e. The molecule has 0 aromatic rings. The molecule has 0 fully saturated rings. The molecule has 0 aromatic carbocycles. The van der Waals surface area contributed by atoms with Crippen LogP contribution in [0.1, 0.15) is 27.2 Å². The fourth-order valence-corrected chi connectivity index (χ4v) is 1.13. The molecule has 0 radical (unpaired) electrons. The summed E-state index contributed by atoms with van der Waals surface area (Å²) in [6, 6.07) is -0.173. The van der Waals surface area contributed by atoms with Gasteiger partial charge in [0.2, 0.25) is 5.91 Å². The monoisotopic (exact) mass is 207 g/mol. The summed E-state index contributed by atoms with van der Waals surface area (Å²) in [6.07, 6.45) is 0.770. The van der Waals surface area contributed by atoms with Crippen molar-refractivity contribution >= 4 is 17.5 Å². The van der Waals surface area contributed by atoms with E-state index in [0.29, 0.717) is 5.92 Å². The second-order valence-electron chi connectivity index (χ2n) is 3.63. The van der Waals surface area contributed by atoms with Gasteiger partial charge in [0, 0.05) is 0 Å². The molecule has 3 nitrogen and oxygen atoms in total. The van der Waals surface area contributed by atoms with Gasteiger partial charge in [-0.1, -0.05) is 13.8 Å². The molecule has 0 saturated heterocycles. The molecule has 2 unspecified atom stereocenters. The van der Waals surface area contributed by atoms with Crippen LogP contribution < -0.4 is 5.32 Å². The van der Waals surface area contributed by atoms with Gasteiger partial charge in [-0.05, 0) is 19.3 Å². The van der Waals surface area contributed by atoms with Gasteiger partial charge in [-0.15, -0.1) is 11.6 Å². The molecule has 0 bridgehead atoms. The lowest BCUT2D eigenvalue weighted by molar-refractivity contribution is -0.121. The fraction of sp³-hybridized carbons (Fsp3) is 0.889. The summed E-state index contributed by atoms with van der Waals surface area (Å²) in [5.41, 5.74) is 0. The Labute approximate surface area is 84.5 Å². The van der Waals surface area contributed by atoms with Crippen molar-refractivity contribution in [2.75, 3.05) is 6.61 Å². The van der Waals surface area contributed by atoms with Crippen LogP contribution in [0.2, 0.25) is 0 Å². The topological polar surface area (TPSA) is 49.3 Å². The second kappa shape index (κ2) is 6.22. The zero-order chi connectivity index (χ0) is 10.4. The minimum Gasteiger partial charge on any atom is -0.394 e. The van der Waals surface area contributed by atoms with E-state index in [1.54, 1.807) is 6.92 Å². The molecule has 0 rings (SSSR count). The molecule has 13 heavy (non-hydrogen) atoms. The summed E-state index contributed by atoms with van der Waals surface area (Å²) < 4.78 is 0. The van der Waals surface area contributed by atoms with Gasteiger partial charge in [-0.2, -0.15) is 0 Å². The molecule has 78 valence electrons. The first-order chi connectivity index (χ1) is 5.97. The molecule has 0 aliphatic heterocycles. The first-order valence-electron chi connectivity index (χ1n) is 4.52. The number of aliphatic hydroxyl groups excluding tert-OH is 1. The lowest BCUT2D eigenvalue weighted by Gasteiger charge is -2.18. The SMILES string of the molecule is CC(C)CC(CO)NC(=O)C(C)Cl. The van der Waals surface area contributed by atoms with E-state index in [2.05, 4.69) is 5.32 Å². The Morgan fingerprint density at radius 1 is 1.46 bits per heavy atom. The molecule has 0 aromatic heterocycles. The number of nitrogens with one attached hydrogen (secondary N) is 1. The average molecular weight is 208 g/mol. The molecule has 2 atom stereocenters. The van der Waals surface area contributed by atoms with Crippen molar-refractivity contribution < 1.29 is 9.90 Å². The Morgan fingerprint density at radius 2 is 2.00 bits per heavy atom. The minimum absolute atomic E-state index is 0.0342. The molecule has 0 aliphatic rings. The lowest BCUT2D eigenvalue weighted by Crippen LogP contribution is -2.41. The number of amides is 1. The van der Waals surface area contributed by atoms with Gasteiger partial charge in [-0.25, -0.2) is 0 Å². The second-order valence-corrected chi connectivity index (χ2v) is 4.29. The predicted molar refractivity (Wildman–Crippen MR) is 53.8 cm³/mol. The van der Waals surface area contributed by atoms with Crippen molar-refractivity contribution in [2.24, 2.45) is 5.92 Å². The molecule has 0 spiro atoms. The van der Waals surface area contributed by atoms with Crippen LogP contribution in [0, 0.1) is 5.92 Å². The van der Waals surface area contributed by atoms with Crippen LogP contribution in [0.5, 0.6) is 0 Å². The van der Waals surface area contributed by atoms with Gasteiger partial charge in [-0.3, -0.25) is 4.79 Å². The first kappa shape index (κ1) is 12.7. The quantitative estimate of drug-likeness (QED) is 0.665. The Bertz CT molecular complexity index is 160. The van der Waals surface area contributed by atoms with E-state index in [0.717, 1.165) is 6.42 Å². The number of rotatable bonds is 5. The number of aliphatic hydroxyl groups is 1. The number of carbonyl (C=O) groups excluding carboxylic acids is 1. The van der Waals surface area contributed by atoms with Crippen molar-refractivity contribution in [1.29, 1.82) is 0 Å². The molecule has 4 heteroatoms. The Morgan fingerprint density at radius 3 is 2.31 bits per heavy atom. The Kier molecular flexibility index (Phi) is 6.08. The van der Waals surface area contributed by atoms with Crippen molar-refractivity contribution in [3.8, 4) is 0 Å². The maximum atomic E-state index is 11.1. The fourth-order valence-electron chi connectivity index (χ4n) is 1.06. The highest BCUT2D eigenvalue weighted by Crippen LogP contribution is 2.05. The van der Waals surface area contributed by atoms with E-state index in [1.165, 1.54) is 0 Å². The normalized spacial score (nSPS) is 15.5. The van der Waals surface area contributed by atoms with Gasteiger partial charge in [0.25, 0.3) is 0 Å². The zero-order valence-electron chi connectivity index (χ0n) is 8.38. The summed E-state index contributed by atoms with van der Waals surface area (Å²) >= 11 is 5.57. The largest absolute Gasteiger partial charge is 0.394 e. The Hall–Kier alpha value is -0.280. The third-order valence-electron chi connectivity index (χ3n) is 1.68. The van der Waals surface area contributed by atoms with E-state index in [1.807, 2.05) is 13.8 Å². The third kappa shape index (κ3) is 5.88. The summed E-state index contributed by atoms with van der Waals surface area (Å²) in [4.78, 5) is 11.1. The molecular formula is C9H18ClNO2. The molecule has 1 amide bonds. The van der Waals surface area contributed by atoms with Crippen molar-refractivity contribution in [1.82, 2.24) is 5.32 Å². The van der Waals surface area contributed by atoms with Crippen LogP contribution in [0.25, 0.3) is 0 Å². The number of carbonyl (C=O) groups is 1. The van der Waals surface area contributed by atoms with Crippen molar-refractivity contribution in [2.45, 2.75) is 38.6 Å². The highest BCUT2D eigenvalue weighted by Gasteiger charge is 2.15. The van der Waals surface area contributed by atoms with Crippen molar-refractivity contribution in [3.05, 3.63) is 0 Å². The summed E-state index contributed by atoms with van der Waals surface area (Å²) in [5.74, 6) is 0.226. The summed E-state index contributed by atoms with van der Waals surface area (Å²) in [7, 11) is 0. The number of halogens is 1. The smallest absolute Gasteiger partial charge is 0.238 e. The van der Waals surface area contributed by atoms with Crippen LogP contribution in [0.3, 0.4) is 0 Å². The van der Waals surface area contributed by atoms with E-state index in [9.17, 15) is 4.79 Å². The number of alkyl halides is 1.